The lowest BCUT2D eigenvalue weighted by molar-refractivity contribution is 0.0734. The minimum Gasteiger partial charge on any atom is -0.494 e. The van der Waals surface area contributed by atoms with E-state index in [-0.39, 0.29) is 11.4 Å². The fourth-order valence-corrected chi connectivity index (χ4v) is 2.79. The lowest BCUT2D eigenvalue weighted by Gasteiger charge is -2.09. The summed E-state index contributed by atoms with van der Waals surface area (Å²) in [6, 6.07) is 11.8. The van der Waals surface area contributed by atoms with Gasteiger partial charge < -0.3 is 9.47 Å². The third-order valence-corrected chi connectivity index (χ3v) is 4.40. The van der Waals surface area contributed by atoms with Crippen LogP contribution in [0.3, 0.4) is 0 Å². The van der Waals surface area contributed by atoms with Crippen LogP contribution in [-0.4, -0.2) is 34.7 Å². The molecule has 0 aliphatic carbocycles. The van der Waals surface area contributed by atoms with E-state index in [0.29, 0.717) is 23.5 Å². The molecule has 0 spiro atoms. The molecule has 0 bridgehead atoms. The molecular formula is C22H19BrN4O4. The Kier molecular flexibility index (Phi) is 7.83. The van der Waals surface area contributed by atoms with Gasteiger partial charge in [-0.2, -0.15) is 5.10 Å². The number of amides is 1. The summed E-state index contributed by atoms with van der Waals surface area (Å²) in [6.45, 7) is 2.63. The summed E-state index contributed by atoms with van der Waals surface area (Å²) in [6.07, 6.45) is 6.48. The molecule has 2 aromatic carbocycles. The fourth-order valence-electron chi connectivity index (χ4n) is 2.41. The Morgan fingerprint density at radius 2 is 1.97 bits per heavy atom. The van der Waals surface area contributed by atoms with Gasteiger partial charge in [0.05, 0.1) is 24.6 Å². The summed E-state index contributed by atoms with van der Waals surface area (Å²) < 4.78 is 11.8. The minimum atomic E-state index is -0.525. The van der Waals surface area contributed by atoms with Crippen molar-refractivity contribution < 1.29 is 19.1 Å². The van der Waals surface area contributed by atoms with E-state index in [0.717, 1.165) is 10.9 Å². The molecule has 31 heavy (non-hydrogen) atoms. The highest BCUT2D eigenvalue weighted by molar-refractivity contribution is 9.10. The summed E-state index contributed by atoms with van der Waals surface area (Å²) in [5.41, 5.74) is 3.36. The predicted octanol–water partition coefficient (Wildman–Crippen LogP) is 4.01. The molecule has 0 aliphatic rings. The number of nitrogens with one attached hydrogen (secondary N) is 1. The normalized spacial score (nSPS) is 10.6. The molecule has 1 amide bonds. The van der Waals surface area contributed by atoms with Gasteiger partial charge in [0.2, 0.25) is 0 Å². The van der Waals surface area contributed by atoms with E-state index in [2.05, 4.69) is 36.4 Å². The van der Waals surface area contributed by atoms with Gasteiger partial charge in [-0.3, -0.25) is 9.78 Å². The molecule has 0 saturated heterocycles. The summed E-state index contributed by atoms with van der Waals surface area (Å²) in [5.74, 6) is -0.0587. The first-order chi connectivity index (χ1) is 15.1. The second kappa shape index (κ2) is 11.0. The molecule has 3 aromatic rings. The number of carbonyl (C=O) groups is 2. The molecule has 3 rings (SSSR count). The van der Waals surface area contributed by atoms with E-state index >= 15 is 0 Å². The predicted molar refractivity (Wildman–Crippen MR) is 118 cm³/mol. The maximum Gasteiger partial charge on any atom is 0.343 e. The van der Waals surface area contributed by atoms with Crippen LogP contribution in [0.25, 0.3) is 0 Å². The number of aromatic nitrogens is 2. The molecule has 0 fully saturated rings. The molecule has 1 N–H and O–H groups in total. The van der Waals surface area contributed by atoms with Crippen LogP contribution in [0.2, 0.25) is 0 Å². The first-order valence-corrected chi connectivity index (χ1v) is 10.2. The summed E-state index contributed by atoms with van der Waals surface area (Å²) >= 11 is 3.37. The Morgan fingerprint density at radius 3 is 2.68 bits per heavy atom. The molecule has 0 unspecified atom stereocenters. The van der Waals surface area contributed by atoms with Crippen molar-refractivity contribution >= 4 is 34.0 Å². The highest BCUT2D eigenvalue weighted by Crippen LogP contribution is 2.23. The van der Waals surface area contributed by atoms with Crippen molar-refractivity contribution in [3.63, 3.8) is 0 Å². The van der Waals surface area contributed by atoms with Crippen molar-refractivity contribution in [3.8, 4) is 11.5 Å². The van der Waals surface area contributed by atoms with Crippen LogP contribution in [0.4, 0.5) is 0 Å². The van der Waals surface area contributed by atoms with Gasteiger partial charge in [0.15, 0.2) is 0 Å². The van der Waals surface area contributed by atoms with Crippen molar-refractivity contribution in [2.45, 2.75) is 13.3 Å². The van der Waals surface area contributed by atoms with Gasteiger partial charge in [-0.15, -0.1) is 0 Å². The molecule has 1 heterocycles. The van der Waals surface area contributed by atoms with Crippen LogP contribution < -0.4 is 14.9 Å². The SMILES string of the molecule is CCCOc1ccc(C(=O)Oc2ccc(Br)cc2C=NNC(=O)c2cnccn2)cc1. The van der Waals surface area contributed by atoms with Crippen LogP contribution >= 0.6 is 15.9 Å². The van der Waals surface area contributed by atoms with Crippen LogP contribution in [0.5, 0.6) is 11.5 Å². The summed E-state index contributed by atoms with van der Waals surface area (Å²) in [5, 5.41) is 3.92. The third kappa shape index (κ3) is 6.45. The molecule has 9 heteroatoms. The largest absolute Gasteiger partial charge is 0.494 e. The molecule has 0 saturated carbocycles. The molecule has 8 nitrogen and oxygen atoms in total. The van der Waals surface area contributed by atoms with E-state index in [1.807, 2.05) is 6.92 Å². The van der Waals surface area contributed by atoms with Crippen molar-refractivity contribution in [2.75, 3.05) is 6.61 Å². The number of benzene rings is 2. The van der Waals surface area contributed by atoms with Gasteiger partial charge >= 0.3 is 5.97 Å². The quantitative estimate of drug-likeness (QED) is 0.225. The van der Waals surface area contributed by atoms with Crippen LogP contribution in [0, 0.1) is 0 Å². The zero-order valence-corrected chi connectivity index (χ0v) is 18.2. The highest BCUT2D eigenvalue weighted by atomic mass is 79.9. The Hall–Kier alpha value is -3.59. The minimum absolute atomic E-state index is 0.131. The van der Waals surface area contributed by atoms with Gasteiger partial charge in [-0.25, -0.2) is 15.2 Å². The fraction of sp³-hybridized carbons (Fsp3) is 0.136. The number of carbonyl (C=O) groups excluding carboxylic acids is 2. The summed E-state index contributed by atoms with van der Waals surface area (Å²) in [7, 11) is 0. The molecule has 1 aromatic heterocycles. The average molecular weight is 483 g/mol. The topological polar surface area (TPSA) is 103 Å². The first-order valence-electron chi connectivity index (χ1n) is 9.41. The number of hydrogen-bond acceptors (Lipinski definition) is 7. The Balaban J connectivity index is 1.69. The summed E-state index contributed by atoms with van der Waals surface area (Å²) in [4.78, 5) is 32.3. The number of nitrogens with zero attached hydrogens (tertiary/aromatic N) is 3. The van der Waals surface area contributed by atoms with E-state index in [4.69, 9.17) is 9.47 Å². The molecular weight excluding hydrogens is 464 g/mol. The standard InChI is InChI=1S/C22H19BrN4O4/c1-2-11-30-18-6-3-15(4-7-18)22(29)31-20-8-5-17(23)12-16(20)13-26-27-21(28)19-14-24-9-10-25-19/h3-10,12-14H,2,11H2,1H3,(H,27,28). The second-order valence-electron chi connectivity index (χ2n) is 6.23. The van der Waals surface area contributed by atoms with Gasteiger partial charge in [0.1, 0.15) is 17.2 Å². The van der Waals surface area contributed by atoms with Crippen molar-refractivity contribution in [1.29, 1.82) is 0 Å². The van der Waals surface area contributed by atoms with E-state index in [1.165, 1.54) is 24.8 Å². The lowest BCUT2D eigenvalue weighted by atomic mass is 10.2. The van der Waals surface area contributed by atoms with Gasteiger partial charge in [0, 0.05) is 22.4 Å². The Bertz CT molecular complexity index is 1070. The first kappa shape index (κ1) is 22.1. The number of hydrazone groups is 1. The van der Waals surface area contributed by atoms with Crippen LogP contribution in [0.1, 0.15) is 39.8 Å². The Morgan fingerprint density at radius 1 is 1.16 bits per heavy atom. The molecule has 158 valence electrons. The number of halogens is 1. The monoisotopic (exact) mass is 482 g/mol. The average Bonchev–Trinajstić information content (AvgIpc) is 2.80. The number of rotatable bonds is 8. The van der Waals surface area contributed by atoms with Crippen molar-refractivity contribution in [3.05, 3.63) is 82.3 Å². The zero-order valence-electron chi connectivity index (χ0n) is 16.6. The zero-order chi connectivity index (χ0) is 22.1. The number of hydrogen-bond donors (Lipinski definition) is 1. The van der Waals surface area contributed by atoms with E-state index in [9.17, 15) is 9.59 Å². The van der Waals surface area contributed by atoms with Gasteiger partial charge in [-0.05, 0) is 48.9 Å². The van der Waals surface area contributed by atoms with Crippen LogP contribution in [0.15, 0.2) is 70.6 Å². The number of esters is 1. The molecule has 0 radical (unpaired) electrons. The van der Waals surface area contributed by atoms with Gasteiger partial charge in [-0.1, -0.05) is 22.9 Å². The smallest absolute Gasteiger partial charge is 0.343 e. The number of ether oxygens (including phenoxy) is 2. The van der Waals surface area contributed by atoms with Crippen LogP contribution in [-0.2, 0) is 0 Å². The van der Waals surface area contributed by atoms with E-state index < -0.39 is 11.9 Å². The second-order valence-corrected chi connectivity index (χ2v) is 7.15. The van der Waals surface area contributed by atoms with Gasteiger partial charge in [0.25, 0.3) is 5.91 Å². The molecule has 0 aliphatic heterocycles. The molecule has 0 atom stereocenters. The third-order valence-electron chi connectivity index (χ3n) is 3.90. The van der Waals surface area contributed by atoms with Crippen molar-refractivity contribution in [1.82, 2.24) is 15.4 Å². The maximum absolute atomic E-state index is 12.5. The maximum atomic E-state index is 12.5. The Labute approximate surface area is 187 Å². The van der Waals surface area contributed by atoms with Crippen molar-refractivity contribution in [2.24, 2.45) is 5.10 Å². The van der Waals surface area contributed by atoms with E-state index in [1.54, 1.807) is 42.5 Å². The lowest BCUT2D eigenvalue weighted by Crippen LogP contribution is -2.19. The highest BCUT2D eigenvalue weighted by Gasteiger charge is 2.12.